The molecular weight excluding hydrogens is 510 g/mol. The fraction of sp³-hybridized carbons (Fsp3) is 0.333. The van der Waals surface area contributed by atoms with E-state index in [1.54, 1.807) is 11.8 Å². The van der Waals surface area contributed by atoms with Crippen LogP contribution in [0.25, 0.3) is 5.57 Å². The van der Waals surface area contributed by atoms with Gasteiger partial charge in [-0.05, 0) is 30.9 Å². The van der Waals surface area contributed by atoms with Crippen LogP contribution in [0.15, 0.2) is 62.8 Å². The van der Waals surface area contributed by atoms with Gasteiger partial charge in [-0.15, -0.1) is 11.3 Å². The number of ether oxygens (including phenoxy) is 2. The molecule has 0 radical (unpaired) electrons. The molecule has 3 aromatic rings. The molecule has 1 aromatic carbocycles. The topological polar surface area (TPSA) is 90.2 Å². The molecule has 1 atom stereocenters. The molecule has 0 spiro atoms. The van der Waals surface area contributed by atoms with Crippen molar-refractivity contribution < 1.29 is 19.1 Å². The van der Waals surface area contributed by atoms with Crippen LogP contribution in [-0.4, -0.2) is 43.3 Å². The molecule has 1 unspecified atom stereocenters. The maximum Gasteiger partial charge on any atom is 0.338 e. The maximum absolute atomic E-state index is 14.0. The fourth-order valence-electron chi connectivity index (χ4n) is 4.68. The van der Waals surface area contributed by atoms with E-state index in [-0.39, 0.29) is 24.7 Å². The lowest BCUT2D eigenvalue weighted by atomic mass is 10.0. The molecule has 1 amide bonds. The number of para-hydroxylation sites is 1. The third kappa shape index (κ3) is 4.39. The second kappa shape index (κ2) is 10.6. The van der Waals surface area contributed by atoms with Gasteiger partial charge in [-0.1, -0.05) is 48.9 Å². The Bertz CT molecular complexity index is 1570. The predicted octanol–water partition coefficient (Wildman–Crippen LogP) is 3.00. The van der Waals surface area contributed by atoms with Crippen molar-refractivity contribution in [2.24, 2.45) is 4.99 Å². The van der Waals surface area contributed by atoms with Crippen molar-refractivity contribution in [2.45, 2.75) is 32.7 Å². The van der Waals surface area contributed by atoms with Gasteiger partial charge in [-0.2, -0.15) is 0 Å². The summed E-state index contributed by atoms with van der Waals surface area (Å²) in [7, 11) is 1.53. The van der Waals surface area contributed by atoms with E-state index < -0.39 is 12.0 Å². The summed E-state index contributed by atoms with van der Waals surface area (Å²) in [5.74, 6) is -0.717. The zero-order chi connectivity index (χ0) is 26.1. The van der Waals surface area contributed by atoms with E-state index in [1.807, 2.05) is 41.8 Å². The molecule has 4 heterocycles. The van der Waals surface area contributed by atoms with Gasteiger partial charge in [-0.3, -0.25) is 14.2 Å². The van der Waals surface area contributed by atoms with Crippen LogP contribution < -0.4 is 19.8 Å². The molecule has 10 heteroatoms. The summed E-state index contributed by atoms with van der Waals surface area (Å²) >= 11 is 2.64. The molecule has 0 fully saturated rings. The number of amides is 1. The van der Waals surface area contributed by atoms with Gasteiger partial charge in [0.05, 0.1) is 29.1 Å². The highest BCUT2D eigenvalue weighted by molar-refractivity contribution is 7.10. The van der Waals surface area contributed by atoms with E-state index in [9.17, 15) is 14.4 Å². The van der Waals surface area contributed by atoms with Gasteiger partial charge in [-0.25, -0.2) is 9.79 Å². The van der Waals surface area contributed by atoms with Gasteiger partial charge in [0.2, 0.25) is 0 Å². The Labute approximate surface area is 221 Å². The molecule has 0 saturated carbocycles. The van der Waals surface area contributed by atoms with Crippen molar-refractivity contribution in [2.75, 3.05) is 31.8 Å². The number of benzene rings is 1. The van der Waals surface area contributed by atoms with Crippen molar-refractivity contribution in [1.82, 2.24) is 4.57 Å². The van der Waals surface area contributed by atoms with Crippen LogP contribution in [0.1, 0.15) is 43.2 Å². The molecule has 2 aliphatic rings. The summed E-state index contributed by atoms with van der Waals surface area (Å²) < 4.78 is 12.3. The van der Waals surface area contributed by atoms with E-state index >= 15 is 0 Å². The molecule has 0 bridgehead atoms. The number of anilines is 1. The summed E-state index contributed by atoms with van der Waals surface area (Å²) in [6.45, 7) is 4.77. The second-order valence-corrected chi connectivity index (χ2v) is 10.7. The van der Waals surface area contributed by atoms with Gasteiger partial charge >= 0.3 is 5.97 Å². The van der Waals surface area contributed by atoms with Crippen LogP contribution in [0.5, 0.6) is 0 Å². The fourth-order valence-corrected chi connectivity index (χ4v) is 6.64. The average Bonchev–Trinajstić information content (AvgIpc) is 3.59. The number of carbonyl (C=O) groups is 2. The number of aromatic nitrogens is 1. The minimum atomic E-state index is -0.691. The normalized spacial score (nSPS) is 18.1. The van der Waals surface area contributed by atoms with Crippen LogP contribution in [0.4, 0.5) is 5.69 Å². The minimum absolute atomic E-state index is 0.0940. The Hall–Kier alpha value is -3.34. The average molecular weight is 538 g/mol. The van der Waals surface area contributed by atoms with Gasteiger partial charge < -0.3 is 14.4 Å². The van der Waals surface area contributed by atoms with Crippen molar-refractivity contribution in [3.05, 3.63) is 83.2 Å². The lowest BCUT2D eigenvalue weighted by molar-refractivity contribution is -0.140. The van der Waals surface area contributed by atoms with Crippen molar-refractivity contribution in [1.29, 1.82) is 0 Å². The number of carbonyl (C=O) groups excluding carboxylic acids is 2. The van der Waals surface area contributed by atoms with Gasteiger partial charge in [0.15, 0.2) is 4.80 Å². The highest BCUT2D eigenvalue weighted by atomic mass is 32.1. The standard InChI is InChI=1S/C27H27N3O5S2/c1-4-5-12-29-18-10-7-6-9-17(18)21(24(29)31)23-25(32)30-22(19-11-8-15-36-19)20(16(2)28-27(30)37-23)26(33)35-14-13-34-3/h6-11,15,22H,4-5,12-14H2,1-3H3/b23-21-. The van der Waals surface area contributed by atoms with E-state index in [2.05, 4.69) is 11.9 Å². The van der Waals surface area contributed by atoms with Crippen LogP contribution in [-0.2, 0) is 19.1 Å². The summed E-state index contributed by atoms with van der Waals surface area (Å²) in [4.78, 5) is 48.5. The second-order valence-electron chi connectivity index (χ2n) is 8.75. The Kier molecular flexibility index (Phi) is 7.23. The number of thiazole rings is 1. The van der Waals surface area contributed by atoms with E-state index in [0.29, 0.717) is 32.7 Å². The molecule has 0 aliphatic carbocycles. The number of fused-ring (bicyclic) bond motifs is 2. The summed E-state index contributed by atoms with van der Waals surface area (Å²) in [6, 6.07) is 10.6. The number of methoxy groups -OCH3 is 1. The zero-order valence-corrected chi connectivity index (χ0v) is 22.5. The first-order chi connectivity index (χ1) is 18.0. The number of hydrogen-bond acceptors (Lipinski definition) is 8. The molecule has 8 nitrogen and oxygen atoms in total. The van der Waals surface area contributed by atoms with Crippen molar-refractivity contribution in [3.63, 3.8) is 0 Å². The zero-order valence-electron chi connectivity index (χ0n) is 20.9. The Balaban J connectivity index is 1.71. The van der Waals surface area contributed by atoms with Crippen molar-refractivity contribution >= 4 is 45.8 Å². The predicted molar refractivity (Wildman–Crippen MR) is 144 cm³/mol. The highest BCUT2D eigenvalue weighted by Gasteiger charge is 2.37. The van der Waals surface area contributed by atoms with Crippen LogP contribution in [0, 0.1) is 0 Å². The smallest absolute Gasteiger partial charge is 0.338 e. The molecule has 2 aromatic heterocycles. The highest BCUT2D eigenvalue weighted by Crippen LogP contribution is 2.36. The van der Waals surface area contributed by atoms with Gasteiger partial charge in [0, 0.05) is 24.1 Å². The van der Waals surface area contributed by atoms with Gasteiger partial charge in [0.25, 0.3) is 11.5 Å². The first kappa shape index (κ1) is 25.3. The van der Waals surface area contributed by atoms with E-state index in [1.165, 1.54) is 34.4 Å². The van der Waals surface area contributed by atoms with Gasteiger partial charge in [0.1, 0.15) is 17.2 Å². The summed E-state index contributed by atoms with van der Waals surface area (Å²) in [5, 5.41) is 1.90. The number of hydrogen-bond donors (Lipinski definition) is 0. The number of allylic oxidation sites excluding steroid dienone is 1. The van der Waals surface area contributed by atoms with Crippen molar-refractivity contribution in [3.8, 4) is 0 Å². The quantitative estimate of drug-likeness (QED) is 0.326. The summed E-state index contributed by atoms with van der Waals surface area (Å²) in [6.07, 6.45) is 1.81. The molecular formula is C27H27N3O5S2. The minimum Gasteiger partial charge on any atom is -0.460 e. The summed E-state index contributed by atoms with van der Waals surface area (Å²) in [5.41, 5.74) is 2.41. The Morgan fingerprint density at radius 2 is 1.95 bits per heavy atom. The van der Waals surface area contributed by atoms with E-state index in [0.717, 1.165) is 29.0 Å². The largest absolute Gasteiger partial charge is 0.460 e. The first-order valence-corrected chi connectivity index (χ1v) is 13.8. The number of esters is 1. The first-order valence-electron chi connectivity index (χ1n) is 12.1. The number of nitrogens with zero attached hydrogens (tertiary/aromatic N) is 3. The lowest BCUT2D eigenvalue weighted by Crippen LogP contribution is -2.40. The number of rotatable bonds is 8. The Morgan fingerprint density at radius 1 is 1.14 bits per heavy atom. The van der Waals surface area contributed by atoms with Crippen LogP contribution in [0.2, 0.25) is 0 Å². The third-order valence-corrected chi connectivity index (χ3v) is 8.41. The number of unbranched alkanes of at least 4 members (excludes halogenated alkanes) is 1. The molecule has 0 N–H and O–H groups in total. The maximum atomic E-state index is 14.0. The third-order valence-electron chi connectivity index (χ3n) is 6.44. The SMILES string of the molecule is CCCCN1C(=O)/C(=c2\sc3n(c2=O)C(c2cccs2)C(C(=O)OCCOC)=C(C)N=3)c2ccccc21. The monoisotopic (exact) mass is 537 g/mol. The Morgan fingerprint density at radius 3 is 2.68 bits per heavy atom. The molecule has 5 rings (SSSR count). The molecule has 37 heavy (non-hydrogen) atoms. The van der Waals surface area contributed by atoms with Crippen LogP contribution in [0.3, 0.4) is 0 Å². The lowest BCUT2D eigenvalue weighted by Gasteiger charge is -2.23. The molecule has 192 valence electrons. The molecule has 2 aliphatic heterocycles. The number of thiophene rings is 1. The molecule has 0 saturated heterocycles. The van der Waals surface area contributed by atoms with E-state index in [4.69, 9.17) is 9.47 Å². The van der Waals surface area contributed by atoms with Crippen LogP contribution >= 0.6 is 22.7 Å².